The lowest BCUT2D eigenvalue weighted by atomic mass is 10.0. The Bertz CT molecular complexity index is 523. The Balaban J connectivity index is 2.26. The van der Waals surface area contributed by atoms with E-state index in [1.54, 1.807) is 6.07 Å². The molecule has 2 aromatic carbocycles. The van der Waals surface area contributed by atoms with Gasteiger partial charge in [0.15, 0.2) is 0 Å². The van der Waals surface area contributed by atoms with E-state index in [2.05, 4.69) is 21.2 Å². The van der Waals surface area contributed by atoms with Crippen molar-refractivity contribution in [1.29, 1.82) is 0 Å². The Labute approximate surface area is 115 Å². The molecule has 18 heavy (non-hydrogen) atoms. The molecular formula is C15H15BrFN. The zero-order valence-electron chi connectivity index (χ0n) is 10.2. The average molecular weight is 308 g/mol. The molecule has 0 atom stereocenters. The highest BCUT2D eigenvalue weighted by molar-refractivity contribution is 9.10. The third-order valence-electron chi connectivity index (χ3n) is 2.77. The number of hydrogen-bond acceptors (Lipinski definition) is 1. The summed E-state index contributed by atoms with van der Waals surface area (Å²) in [6.07, 6.45) is 0. The van der Waals surface area contributed by atoms with E-state index in [9.17, 15) is 4.39 Å². The standard InChI is InChI=1S/C15H15BrFN/c1-2-18-10-11-3-8-14(15(17)9-11)12-4-6-13(16)7-5-12/h3-9,18H,2,10H2,1H3. The predicted molar refractivity (Wildman–Crippen MR) is 76.9 cm³/mol. The summed E-state index contributed by atoms with van der Waals surface area (Å²) in [6.45, 7) is 3.62. The summed E-state index contributed by atoms with van der Waals surface area (Å²) in [5, 5.41) is 3.19. The van der Waals surface area contributed by atoms with Crippen LogP contribution in [0, 0.1) is 5.82 Å². The normalized spacial score (nSPS) is 10.6. The van der Waals surface area contributed by atoms with Gasteiger partial charge >= 0.3 is 0 Å². The molecule has 0 heterocycles. The van der Waals surface area contributed by atoms with E-state index in [4.69, 9.17) is 0 Å². The fourth-order valence-corrected chi connectivity index (χ4v) is 2.07. The van der Waals surface area contributed by atoms with Crippen LogP contribution in [0.25, 0.3) is 11.1 Å². The molecule has 0 spiro atoms. The first-order chi connectivity index (χ1) is 8.70. The molecule has 0 aliphatic heterocycles. The summed E-state index contributed by atoms with van der Waals surface area (Å²) in [4.78, 5) is 0. The van der Waals surface area contributed by atoms with Crippen molar-refractivity contribution in [2.45, 2.75) is 13.5 Å². The molecule has 0 aliphatic carbocycles. The van der Waals surface area contributed by atoms with E-state index in [0.717, 1.165) is 22.1 Å². The summed E-state index contributed by atoms with van der Waals surface area (Å²) < 4.78 is 15.0. The molecule has 0 fully saturated rings. The summed E-state index contributed by atoms with van der Waals surface area (Å²) in [5.41, 5.74) is 2.50. The minimum absolute atomic E-state index is 0.173. The largest absolute Gasteiger partial charge is 0.313 e. The Morgan fingerprint density at radius 2 is 1.83 bits per heavy atom. The minimum Gasteiger partial charge on any atom is -0.313 e. The molecule has 1 nitrogen and oxygen atoms in total. The fraction of sp³-hybridized carbons (Fsp3) is 0.200. The highest BCUT2D eigenvalue weighted by atomic mass is 79.9. The van der Waals surface area contributed by atoms with E-state index in [1.807, 2.05) is 43.3 Å². The maximum absolute atomic E-state index is 14.0. The second-order valence-electron chi connectivity index (χ2n) is 4.10. The van der Waals surface area contributed by atoms with Crippen LogP contribution in [0.5, 0.6) is 0 Å². The summed E-state index contributed by atoms with van der Waals surface area (Å²) >= 11 is 3.37. The lowest BCUT2D eigenvalue weighted by molar-refractivity contribution is 0.625. The Morgan fingerprint density at radius 1 is 1.11 bits per heavy atom. The molecule has 1 N–H and O–H groups in total. The van der Waals surface area contributed by atoms with Gasteiger partial charge in [-0.3, -0.25) is 0 Å². The second-order valence-corrected chi connectivity index (χ2v) is 5.02. The number of hydrogen-bond donors (Lipinski definition) is 1. The van der Waals surface area contributed by atoms with Crippen LogP contribution in [0.1, 0.15) is 12.5 Å². The minimum atomic E-state index is -0.173. The van der Waals surface area contributed by atoms with Crippen molar-refractivity contribution in [3.05, 3.63) is 58.3 Å². The average Bonchev–Trinajstić information content (AvgIpc) is 2.38. The summed E-state index contributed by atoms with van der Waals surface area (Å²) in [6, 6.07) is 13.1. The second kappa shape index (κ2) is 6.12. The first-order valence-corrected chi connectivity index (χ1v) is 6.75. The van der Waals surface area contributed by atoms with Crippen LogP contribution in [-0.2, 0) is 6.54 Å². The first kappa shape index (κ1) is 13.2. The van der Waals surface area contributed by atoms with Gasteiger partial charge in [-0.2, -0.15) is 0 Å². The van der Waals surface area contributed by atoms with Gasteiger partial charge in [0.25, 0.3) is 0 Å². The van der Waals surface area contributed by atoms with Crippen molar-refractivity contribution in [2.24, 2.45) is 0 Å². The lowest BCUT2D eigenvalue weighted by Gasteiger charge is -2.07. The lowest BCUT2D eigenvalue weighted by Crippen LogP contribution is -2.11. The van der Waals surface area contributed by atoms with Crippen molar-refractivity contribution in [2.75, 3.05) is 6.54 Å². The van der Waals surface area contributed by atoms with Gasteiger partial charge in [-0.25, -0.2) is 4.39 Å². The molecule has 0 amide bonds. The zero-order valence-corrected chi connectivity index (χ0v) is 11.8. The molecular weight excluding hydrogens is 293 g/mol. The van der Waals surface area contributed by atoms with Gasteiger partial charge in [-0.1, -0.05) is 47.1 Å². The molecule has 0 aromatic heterocycles. The molecule has 94 valence electrons. The van der Waals surface area contributed by atoms with Crippen LogP contribution in [-0.4, -0.2) is 6.54 Å². The van der Waals surface area contributed by atoms with Gasteiger partial charge < -0.3 is 5.32 Å². The van der Waals surface area contributed by atoms with E-state index in [0.29, 0.717) is 12.1 Å². The van der Waals surface area contributed by atoms with Crippen molar-refractivity contribution in [1.82, 2.24) is 5.32 Å². The van der Waals surface area contributed by atoms with E-state index in [1.165, 1.54) is 0 Å². The van der Waals surface area contributed by atoms with Crippen molar-refractivity contribution >= 4 is 15.9 Å². The van der Waals surface area contributed by atoms with Gasteiger partial charge in [0.1, 0.15) is 5.82 Å². The van der Waals surface area contributed by atoms with Gasteiger partial charge in [0.05, 0.1) is 0 Å². The number of benzene rings is 2. The van der Waals surface area contributed by atoms with Crippen molar-refractivity contribution < 1.29 is 4.39 Å². The van der Waals surface area contributed by atoms with Crippen LogP contribution in [0.4, 0.5) is 4.39 Å². The Hall–Kier alpha value is -1.19. The molecule has 0 aliphatic rings. The smallest absolute Gasteiger partial charge is 0.131 e. The maximum atomic E-state index is 14.0. The Kier molecular flexibility index (Phi) is 4.50. The van der Waals surface area contributed by atoms with Crippen LogP contribution < -0.4 is 5.32 Å². The third-order valence-corrected chi connectivity index (χ3v) is 3.30. The van der Waals surface area contributed by atoms with Crippen LogP contribution >= 0.6 is 15.9 Å². The highest BCUT2D eigenvalue weighted by Gasteiger charge is 2.05. The number of halogens is 2. The van der Waals surface area contributed by atoms with Crippen molar-refractivity contribution in [3.8, 4) is 11.1 Å². The van der Waals surface area contributed by atoms with Gasteiger partial charge in [0.2, 0.25) is 0 Å². The summed E-state index contributed by atoms with van der Waals surface area (Å²) in [7, 11) is 0. The van der Waals surface area contributed by atoms with E-state index in [-0.39, 0.29) is 5.82 Å². The highest BCUT2D eigenvalue weighted by Crippen LogP contribution is 2.25. The third kappa shape index (κ3) is 3.18. The van der Waals surface area contributed by atoms with Gasteiger partial charge in [0, 0.05) is 16.6 Å². The maximum Gasteiger partial charge on any atom is 0.131 e. The predicted octanol–water partition coefficient (Wildman–Crippen LogP) is 4.36. The van der Waals surface area contributed by atoms with Crippen LogP contribution in [0.2, 0.25) is 0 Å². The first-order valence-electron chi connectivity index (χ1n) is 5.96. The van der Waals surface area contributed by atoms with Gasteiger partial charge in [-0.05, 0) is 35.9 Å². The van der Waals surface area contributed by atoms with Gasteiger partial charge in [-0.15, -0.1) is 0 Å². The summed E-state index contributed by atoms with van der Waals surface area (Å²) in [5.74, 6) is -0.173. The van der Waals surface area contributed by atoms with Crippen LogP contribution in [0.15, 0.2) is 46.9 Å². The molecule has 3 heteroatoms. The van der Waals surface area contributed by atoms with E-state index < -0.39 is 0 Å². The van der Waals surface area contributed by atoms with Crippen molar-refractivity contribution in [3.63, 3.8) is 0 Å². The molecule has 0 saturated carbocycles. The molecule has 2 rings (SSSR count). The molecule has 0 radical (unpaired) electrons. The SMILES string of the molecule is CCNCc1ccc(-c2ccc(Br)cc2)c(F)c1. The fourth-order valence-electron chi connectivity index (χ4n) is 1.80. The van der Waals surface area contributed by atoms with E-state index >= 15 is 0 Å². The number of rotatable bonds is 4. The molecule has 0 bridgehead atoms. The zero-order chi connectivity index (χ0) is 13.0. The quantitative estimate of drug-likeness (QED) is 0.884. The van der Waals surface area contributed by atoms with Crippen LogP contribution in [0.3, 0.4) is 0 Å². The monoisotopic (exact) mass is 307 g/mol. The molecule has 0 saturated heterocycles. The molecule has 0 unspecified atom stereocenters. The Morgan fingerprint density at radius 3 is 2.44 bits per heavy atom. The molecule has 2 aromatic rings. The number of nitrogens with one attached hydrogen (secondary N) is 1. The topological polar surface area (TPSA) is 12.0 Å².